The number of hydrogen-bond donors (Lipinski definition) is 0. The topological polar surface area (TPSA) is 117 Å². The van der Waals surface area contributed by atoms with Gasteiger partial charge in [0.1, 0.15) is 0 Å². The van der Waals surface area contributed by atoms with Crippen molar-refractivity contribution < 1.29 is 0 Å². The smallest absolute Gasteiger partial charge is 0.215 e. The number of nitrogens with zero attached hydrogens (tertiary/aromatic N) is 11. The molecule has 0 unspecified atom stereocenters. The molecule has 0 amide bonds. The summed E-state index contributed by atoms with van der Waals surface area (Å²) in [6, 6.07) is 126. The van der Waals surface area contributed by atoms with Crippen LogP contribution in [0.5, 0.6) is 0 Å². The summed E-state index contributed by atoms with van der Waals surface area (Å²) in [5.41, 5.74) is 25.7. The number of aromatic nitrogens is 9. The molecule has 11 heteroatoms. The maximum absolute atomic E-state index is 8.34. The van der Waals surface area contributed by atoms with Gasteiger partial charge < -0.3 is 4.57 Å². The first-order valence-electron chi connectivity index (χ1n) is 37.4. The lowest BCUT2D eigenvalue weighted by Gasteiger charge is -2.16. The molecule has 6 aromatic heterocycles. The molecule has 0 spiro atoms. The molecule has 21 rings (SSSR count). The molecule has 524 valence electrons. The highest BCUT2D eigenvalue weighted by Crippen LogP contribution is 2.46. The van der Waals surface area contributed by atoms with E-state index in [0.717, 1.165) is 156 Å². The molecule has 0 aliphatic rings. The fourth-order valence-corrected chi connectivity index (χ4v) is 15.7. The second-order valence-corrected chi connectivity index (χ2v) is 27.8. The Morgan fingerprint density at radius 2 is 0.504 bits per heavy atom. The van der Waals surface area contributed by atoms with E-state index in [1.165, 1.54) is 21.8 Å². The monoisotopic (exact) mass is 1440 g/mol. The first-order valence-corrected chi connectivity index (χ1v) is 37.4. The van der Waals surface area contributed by atoms with Crippen molar-refractivity contribution >= 4 is 98.6 Å². The van der Waals surface area contributed by atoms with Crippen LogP contribution in [0.2, 0.25) is 0 Å². The van der Waals surface area contributed by atoms with Crippen LogP contribution in [0.3, 0.4) is 0 Å². The summed E-state index contributed by atoms with van der Waals surface area (Å²) >= 11 is 0. The van der Waals surface area contributed by atoms with E-state index in [1.807, 2.05) is 200 Å². The normalized spacial score (nSPS) is 11.3. The summed E-state index contributed by atoms with van der Waals surface area (Å²) < 4.78 is 2.34. The fraction of sp³-hybridized carbons (Fsp3) is 0. The predicted octanol–water partition coefficient (Wildman–Crippen LogP) is 26.3. The van der Waals surface area contributed by atoms with Crippen molar-refractivity contribution in [2.24, 2.45) is 0 Å². The van der Waals surface area contributed by atoms with Crippen LogP contribution in [0.25, 0.3) is 215 Å². The molecule has 0 aliphatic heterocycles. The highest BCUT2D eigenvalue weighted by Gasteiger charge is 2.25. The zero-order chi connectivity index (χ0) is 75.3. The third kappa shape index (κ3) is 12.0. The molecule has 0 saturated carbocycles. The van der Waals surface area contributed by atoms with E-state index in [4.69, 9.17) is 53.0 Å². The summed E-state index contributed by atoms with van der Waals surface area (Å²) in [4.78, 5) is 49.9. The van der Waals surface area contributed by atoms with E-state index in [0.29, 0.717) is 39.3 Å². The van der Waals surface area contributed by atoms with Gasteiger partial charge in [-0.25, -0.2) is 39.6 Å². The summed E-state index contributed by atoms with van der Waals surface area (Å²) in [6.45, 7) is 16.7. The van der Waals surface area contributed by atoms with Gasteiger partial charge in [-0.05, 0) is 65.7 Å². The quantitative estimate of drug-likeness (QED) is 0.0928. The van der Waals surface area contributed by atoms with Gasteiger partial charge in [-0.1, -0.05) is 315 Å². The van der Waals surface area contributed by atoms with Crippen LogP contribution < -0.4 is 0 Å². The molecule has 0 fully saturated rings. The molecule has 0 saturated heterocycles. The highest BCUT2D eigenvalue weighted by molar-refractivity contribution is 6.25. The van der Waals surface area contributed by atoms with Gasteiger partial charge in [-0.2, -0.15) is 0 Å². The van der Waals surface area contributed by atoms with E-state index in [-0.39, 0.29) is 0 Å². The second kappa shape index (κ2) is 28.4. The van der Waals surface area contributed by atoms with Crippen LogP contribution >= 0.6 is 0 Å². The van der Waals surface area contributed by atoms with E-state index < -0.39 is 0 Å². The van der Waals surface area contributed by atoms with Gasteiger partial charge in [0.2, 0.25) is 11.4 Å². The lowest BCUT2D eigenvalue weighted by atomic mass is 9.95. The van der Waals surface area contributed by atoms with Gasteiger partial charge in [0, 0.05) is 98.8 Å². The number of pyridine rings is 2. The summed E-state index contributed by atoms with van der Waals surface area (Å²) in [5, 5.41) is 7.99. The van der Waals surface area contributed by atoms with Crippen molar-refractivity contribution in [3.05, 3.63) is 393 Å². The summed E-state index contributed by atoms with van der Waals surface area (Å²) in [5.74, 6) is 0.665. The minimum Gasteiger partial charge on any atom is -0.309 e. The van der Waals surface area contributed by atoms with Crippen LogP contribution in [-0.4, -0.2) is 44.4 Å². The number of para-hydroxylation sites is 4. The van der Waals surface area contributed by atoms with E-state index >= 15 is 0 Å². The van der Waals surface area contributed by atoms with Crippen LogP contribution in [-0.2, 0) is 0 Å². The predicted molar refractivity (Wildman–Crippen MR) is 462 cm³/mol. The molecule has 0 atom stereocenters. The minimum absolute atomic E-state index is 0.426. The van der Waals surface area contributed by atoms with Crippen LogP contribution in [0.1, 0.15) is 0 Å². The number of benzene rings is 15. The second-order valence-electron chi connectivity index (χ2n) is 27.8. The molecule has 0 radical (unpaired) electrons. The van der Waals surface area contributed by atoms with E-state index in [9.17, 15) is 0 Å². The SMILES string of the molecule is [C-]#[N+]c1cc2c(-c3ccc(-c4cc(-c5ccccc5)nc(-c5ccccc5)n4)cc3)nc3ccccc3c2c2nc(-c3ccccc3)c(-c3ccccc3)nc12.[C-]#[N+]c1cc2c(-c3ccc(-c4ccc(-n5c6ccccc6c6ccccc65)cc4)cc3)nc3ccccc3c2c2nc(-c3ccccc3)c(-c3ccccc3)nc12. The van der Waals surface area contributed by atoms with Gasteiger partial charge in [-0.15, -0.1) is 0 Å². The summed E-state index contributed by atoms with van der Waals surface area (Å²) in [7, 11) is 0. The van der Waals surface area contributed by atoms with Crippen LogP contribution in [0.15, 0.2) is 370 Å². The maximum Gasteiger partial charge on any atom is 0.215 e. The average Bonchev–Trinajstić information content (AvgIpc) is 1.46. The van der Waals surface area contributed by atoms with E-state index in [2.05, 4.69) is 184 Å². The maximum atomic E-state index is 8.34. The Labute approximate surface area is 650 Å². The zero-order valence-electron chi connectivity index (χ0n) is 60.6. The molecule has 11 nitrogen and oxygen atoms in total. The van der Waals surface area contributed by atoms with Crippen molar-refractivity contribution in [2.45, 2.75) is 0 Å². The van der Waals surface area contributed by atoms with Gasteiger partial charge in [-0.3, -0.25) is 9.97 Å². The molecule has 0 bridgehead atoms. The van der Waals surface area contributed by atoms with Gasteiger partial charge in [0.05, 0.1) is 103 Å². The average molecular weight is 1440 g/mol. The fourth-order valence-electron chi connectivity index (χ4n) is 15.7. The molecule has 0 N–H and O–H groups in total. The van der Waals surface area contributed by atoms with Crippen molar-refractivity contribution in [1.82, 2.24) is 44.4 Å². The highest BCUT2D eigenvalue weighted by atomic mass is 15.0. The molecule has 0 aliphatic carbocycles. The lowest BCUT2D eigenvalue weighted by molar-refractivity contribution is 1.18. The van der Waals surface area contributed by atoms with Gasteiger partial charge in [0.25, 0.3) is 0 Å². The Balaban J connectivity index is 0.000000147. The molecule has 6 heterocycles. The van der Waals surface area contributed by atoms with Crippen molar-refractivity contribution in [1.29, 1.82) is 0 Å². The third-order valence-corrected chi connectivity index (χ3v) is 21.1. The first kappa shape index (κ1) is 66.6. The van der Waals surface area contributed by atoms with Crippen molar-refractivity contribution in [3.8, 4) is 118 Å². The largest absolute Gasteiger partial charge is 0.309 e. The zero-order valence-corrected chi connectivity index (χ0v) is 60.6. The van der Waals surface area contributed by atoms with E-state index in [1.54, 1.807) is 0 Å². The summed E-state index contributed by atoms with van der Waals surface area (Å²) in [6.07, 6.45) is 0. The van der Waals surface area contributed by atoms with Crippen LogP contribution in [0.4, 0.5) is 11.4 Å². The Hall–Kier alpha value is -15.8. The van der Waals surface area contributed by atoms with Crippen molar-refractivity contribution in [3.63, 3.8) is 0 Å². The molecule has 21 aromatic rings. The Morgan fingerprint density at radius 1 is 0.212 bits per heavy atom. The van der Waals surface area contributed by atoms with Crippen molar-refractivity contribution in [2.75, 3.05) is 0 Å². The minimum atomic E-state index is 0.426. The Kier molecular flexibility index (Phi) is 16.7. The molecular formula is C102H61N11. The van der Waals surface area contributed by atoms with Crippen LogP contribution in [0, 0.1) is 13.1 Å². The van der Waals surface area contributed by atoms with Gasteiger partial charge >= 0.3 is 0 Å². The standard InChI is InChI=1S/C52H31N5.C50H30N6/c1-53-44-32-42-47(52-51(44)55-49(35-14-4-2-5-15-35)50(56-52)36-16-6-3-7-17-36)41-20-8-11-21-43(41)54-48(42)37-26-24-33(25-27-37)34-28-30-38(31-29-34)57-45-22-12-9-18-39(45)40-19-10-13-23-46(40)57;1-51-43-30-39-44(49-48(43)55-46(34-18-8-3-9-19-34)47(56-49)35-20-10-4-11-21-35)38-24-14-15-25-40(38)52-45(39)36-28-26-33(27-29-36)42-31-41(32-16-6-2-7-17-32)53-50(54-42)37-22-12-5-13-23-37/h2-32H;2-31H. The number of fused-ring (bicyclic) bond motifs is 13. The number of hydrogen-bond acceptors (Lipinski definition) is 8. The Bertz CT molecular complexity index is 7270. The molecule has 15 aromatic carbocycles. The lowest BCUT2D eigenvalue weighted by Crippen LogP contribution is -1.98. The Morgan fingerprint density at radius 3 is 0.894 bits per heavy atom. The number of rotatable bonds is 11. The molecule has 113 heavy (non-hydrogen) atoms. The molecular weight excluding hydrogens is 1380 g/mol. The third-order valence-electron chi connectivity index (χ3n) is 21.1. The van der Waals surface area contributed by atoms with Gasteiger partial charge in [0.15, 0.2) is 5.82 Å². The first-order chi connectivity index (χ1) is 55.9.